The highest BCUT2D eigenvalue weighted by Gasteiger charge is 2.26. The molecule has 1 unspecified atom stereocenters. The lowest BCUT2D eigenvalue weighted by Crippen LogP contribution is -2.32. The Morgan fingerprint density at radius 1 is 1.65 bits per heavy atom. The van der Waals surface area contributed by atoms with Crippen LogP contribution in [0.4, 0.5) is 0 Å². The molecule has 1 aromatic heterocycles. The fraction of sp³-hybridized carbons (Fsp3) is 0.462. The van der Waals surface area contributed by atoms with E-state index in [4.69, 9.17) is 5.11 Å². The van der Waals surface area contributed by atoms with E-state index in [-0.39, 0.29) is 12.5 Å². The van der Waals surface area contributed by atoms with Crippen LogP contribution in [0.5, 0.6) is 0 Å². The van der Waals surface area contributed by atoms with Gasteiger partial charge in [0.05, 0.1) is 9.75 Å². The summed E-state index contributed by atoms with van der Waals surface area (Å²) in [6.45, 7) is 2.80. The Kier molecular flexibility index (Phi) is 3.82. The summed E-state index contributed by atoms with van der Waals surface area (Å²) in [6, 6.07) is 4.00. The summed E-state index contributed by atoms with van der Waals surface area (Å²) in [5.41, 5.74) is 0. The van der Waals surface area contributed by atoms with Gasteiger partial charge in [-0.25, -0.2) is 0 Å². The largest absolute Gasteiger partial charge is 0.384 e. The van der Waals surface area contributed by atoms with Crippen molar-refractivity contribution in [3.05, 3.63) is 21.9 Å². The van der Waals surface area contributed by atoms with E-state index in [1.807, 2.05) is 17.0 Å². The molecule has 17 heavy (non-hydrogen) atoms. The quantitative estimate of drug-likeness (QED) is 0.770. The highest BCUT2D eigenvalue weighted by molar-refractivity contribution is 7.14. The van der Waals surface area contributed by atoms with Gasteiger partial charge in [0.2, 0.25) is 0 Å². The Morgan fingerprint density at radius 2 is 2.47 bits per heavy atom. The van der Waals surface area contributed by atoms with Crippen LogP contribution in [0.15, 0.2) is 12.1 Å². The Bertz CT molecular complexity index is 469. The van der Waals surface area contributed by atoms with Gasteiger partial charge in [0.25, 0.3) is 5.91 Å². The third kappa shape index (κ3) is 2.68. The fourth-order valence-electron chi connectivity index (χ4n) is 2.02. The summed E-state index contributed by atoms with van der Waals surface area (Å²) < 4.78 is 0. The van der Waals surface area contributed by atoms with Crippen molar-refractivity contribution in [2.75, 3.05) is 13.2 Å². The average molecular weight is 249 g/mol. The number of hydrogen-bond acceptors (Lipinski definition) is 3. The van der Waals surface area contributed by atoms with Gasteiger partial charge in [0.15, 0.2) is 0 Å². The number of rotatable bonds is 1. The van der Waals surface area contributed by atoms with Crippen LogP contribution in [0.3, 0.4) is 0 Å². The molecule has 1 atom stereocenters. The molecule has 1 aliphatic rings. The summed E-state index contributed by atoms with van der Waals surface area (Å²) in [6.07, 6.45) is 2.18. The van der Waals surface area contributed by atoms with Crippen LogP contribution in [0, 0.1) is 11.8 Å². The van der Waals surface area contributed by atoms with E-state index in [0.29, 0.717) is 6.04 Å². The van der Waals surface area contributed by atoms with Crippen LogP contribution in [0.25, 0.3) is 0 Å². The van der Waals surface area contributed by atoms with E-state index < -0.39 is 0 Å². The number of thiophene rings is 1. The Balaban J connectivity index is 2.12. The monoisotopic (exact) mass is 249 g/mol. The molecular formula is C13H15NO2S. The molecule has 90 valence electrons. The molecule has 1 amide bonds. The van der Waals surface area contributed by atoms with E-state index in [1.54, 1.807) is 0 Å². The summed E-state index contributed by atoms with van der Waals surface area (Å²) in [5, 5.41) is 8.61. The average Bonchev–Trinajstić information content (AvgIpc) is 2.94. The normalized spacial score (nSPS) is 18.9. The van der Waals surface area contributed by atoms with Gasteiger partial charge < -0.3 is 10.0 Å². The van der Waals surface area contributed by atoms with Crippen LogP contribution in [0.2, 0.25) is 0 Å². The van der Waals surface area contributed by atoms with Gasteiger partial charge in [-0.2, -0.15) is 0 Å². The zero-order chi connectivity index (χ0) is 12.3. The molecule has 1 fully saturated rings. The van der Waals surface area contributed by atoms with Crippen molar-refractivity contribution < 1.29 is 9.90 Å². The number of carbonyl (C=O) groups is 1. The van der Waals surface area contributed by atoms with Gasteiger partial charge in [0.1, 0.15) is 6.61 Å². The van der Waals surface area contributed by atoms with Gasteiger partial charge in [-0.05, 0) is 31.9 Å². The third-order valence-electron chi connectivity index (χ3n) is 2.92. The van der Waals surface area contributed by atoms with E-state index in [2.05, 4.69) is 18.8 Å². The van der Waals surface area contributed by atoms with Crippen molar-refractivity contribution in [1.29, 1.82) is 0 Å². The molecule has 0 bridgehead atoms. The zero-order valence-corrected chi connectivity index (χ0v) is 10.6. The molecule has 0 spiro atoms. The summed E-state index contributed by atoms with van der Waals surface area (Å²) in [7, 11) is 0. The van der Waals surface area contributed by atoms with Crippen molar-refractivity contribution in [2.45, 2.75) is 25.8 Å². The topological polar surface area (TPSA) is 40.5 Å². The first kappa shape index (κ1) is 12.2. The van der Waals surface area contributed by atoms with Gasteiger partial charge in [-0.15, -0.1) is 11.3 Å². The minimum absolute atomic E-state index is 0.108. The maximum atomic E-state index is 12.2. The first-order valence-corrected chi connectivity index (χ1v) is 6.54. The number of carbonyl (C=O) groups excluding carboxylic acids is 1. The SMILES string of the molecule is CC1CCCN1C(=O)c1ccc(C#CCO)s1. The Morgan fingerprint density at radius 3 is 3.12 bits per heavy atom. The predicted octanol–water partition coefficient (Wildman–Crippen LogP) is 1.72. The van der Waals surface area contributed by atoms with Gasteiger partial charge in [0, 0.05) is 12.6 Å². The second-order valence-corrected chi connectivity index (χ2v) is 5.20. The molecule has 1 aromatic rings. The fourth-order valence-corrected chi connectivity index (χ4v) is 2.86. The first-order valence-electron chi connectivity index (χ1n) is 5.73. The lowest BCUT2D eigenvalue weighted by atomic mass is 10.2. The number of likely N-dealkylation sites (tertiary alicyclic amines) is 1. The minimum atomic E-state index is -0.148. The number of aliphatic hydroxyl groups is 1. The molecule has 0 radical (unpaired) electrons. The Hall–Kier alpha value is -1.31. The summed E-state index contributed by atoms with van der Waals surface area (Å²) in [4.78, 5) is 15.7. The summed E-state index contributed by atoms with van der Waals surface area (Å²) >= 11 is 1.39. The highest BCUT2D eigenvalue weighted by atomic mass is 32.1. The Labute approximate surface area is 105 Å². The number of hydrogen-bond donors (Lipinski definition) is 1. The van der Waals surface area contributed by atoms with Crippen molar-refractivity contribution in [3.8, 4) is 11.8 Å². The van der Waals surface area contributed by atoms with Crippen LogP contribution >= 0.6 is 11.3 Å². The minimum Gasteiger partial charge on any atom is -0.384 e. The molecule has 0 aliphatic carbocycles. The van der Waals surface area contributed by atoms with E-state index >= 15 is 0 Å². The molecular weight excluding hydrogens is 234 g/mol. The van der Waals surface area contributed by atoms with Crippen LogP contribution in [0.1, 0.15) is 34.3 Å². The zero-order valence-electron chi connectivity index (χ0n) is 9.77. The van der Waals surface area contributed by atoms with Crippen LogP contribution in [-0.2, 0) is 0 Å². The van der Waals surface area contributed by atoms with Crippen molar-refractivity contribution >= 4 is 17.2 Å². The van der Waals surface area contributed by atoms with Crippen molar-refractivity contribution in [3.63, 3.8) is 0 Å². The van der Waals surface area contributed by atoms with Gasteiger partial charge in [-0.3, -0.25) is 4.79 Å². The predicted molar refractivity (Wildman–Crippen MR) is 68.0 cm³/mol. The maximum absolute atomic E-state index is 12.2. The molecule has 0 aromatic carbocycles. The first-order chi connectivity index (χ1) is 8.22. The molecule has 4 heteroatoms. The van der Waals surface area contributed by atoms with E-state index in [1.165, 1.54) is 11.3 Å². The lowest BCUT2D eigenvalue weighted by molar-refractivity contribution is 0.0752. The van der Waals surface area contributed by atoms with Crippen LogP contribution in [-0.4, -0.2) is 35.1 Å². The van der Waals surface area contributed by atoms with E-state index in [9.17, 15) is 4.79 Å². The van der Waals surface area contributed by atoms with Crippen LogP contribution < -0.4 is 0 Å². The van der Waals surface area contributed by atoms with E-state index in [0.717, 1.165) is 29.1 Å². The lowest BCUT2D eigenvalue weighted by Gasteiger charge is -2.20. The number of amides is 1. The number of aliphatic hydroxyl groups excluding tert-OH is 1. The molecule has 1 saturated heterocycles. The number of nitrogens with zero attached hydrogens (tertiary/aromatic N) is 1. The van der Waals surface area contributed by atoms with Crippen molar-refractivity contribution in [2.24, 2.45) is 0 Å². The summed E-state index contributed by atoms with van der Waals surface area (Å²) in [5.74, 6) is 5.51. The molecule has 3 nitrogen and oxygen atoms in total. The smallest absolute Gasteiger partial charge is 0.264 e. The van der Waals surface area contributed by atoms with Gasteiger partial charge in [-0.1, -0.05) is 11.8 Å². The molecule has 2 heterocycles. The molecule has 1 aliphatic heterocycles. The molecule has 2 rings (SSSR count). The molecule has 0 saturated carbocycles. The standard InChI is InChI=1S/C13H15NO2S/c1-10-4-2-8-14(10)13(16)12-7-6-11(17-12)5-3-9-15/h6-7,10,15H,2,4,8-9H2,1H3. The third-order valence-corrected chi connectivity index (χ3v) is 3.91. The highest BCUT2D eigenvalue weighted by Crippen LogP contribution is 2.23. The molecule has 1 N–H and O–H groups in total. The maximum Gasteiger partial charge on any atom is 0.264 e. The van der Waals surface area contributed by atoms with Crippen molar-refractivity contribution in [1.82, 2.24) is 4.90 Å². The second-order valence-electron chi connectivity index (χ2n) is 4.11. The second kappa shape index (κ2) is 5.35. The van der Waals surface area contributed by atoms with Gasteiger partial charge >= 0.3 is 0 Å².